The number of hydrogen-bond acceptors (Lipinski definition) is 4. The summed E-state index contributed by atoms with van der Waals surface area (Å²) in [6.45, 7) is 6.42. The normalized spacial score (nSPS) is 20.3. The monoisotopic (exact) mass is 305 g/mol. The van der Waals surface area contributed by atoms with Gasteiger partial charge < -0.3 is 4.57 Å². The molecule has 21 heavy (non-hydrogen) atoms. The molecule has 1 aliphatic rings. The van der Waals surface area contributed by atoms with Gasteiger partial charge in [-0.1, -0.05) is 0 Å². The van der Waals surface area contributed by atoms with E-state index in [4.69, 9.17) is 0 Å². The Morgan fingerprint density at radius 1 is 1.43 bits per heavy atom. The Morgan fingerprint density at radius 3 is 3.00 bits per heavy atom. The van der Waals surface area contributed by atoms with Crippen LogP contribution in [-0.4, -0.2) is 42.3 Å². The summed E-state index contributed by atoms with van der Waals surface area (Å²) in [7, 11) is 1.98. The van der Waals surface area contributed by atoms with Gasteiger partial charge >= 0.3 is 0 Å². The van der Waals surface area contributed by atoms with Crippen LogP contribution in [0.5, 0.6) is 0 Å². The highest BCUT2D eigenvalue weighted by molar-refractivity contribution is 7.99. The Labute approximate surface area is 130 Å². The third-order valence-corrected chi connectivity index (χ3v) is 5.02. The van der Waals surface area contributed by atoms with Gasteiger partial charge in [-0.3, -0.25) is 9.58 Å². The van der Waals surface area contributed by atoms with Crippen molar-refractivity contribution in [2.75, 3.05) is 18.1 Å². The Hall–Kier alpha value is -1.27. The van der Waals surface area contributed by atoms with E-state index >= 15 is 0 Å². The van der Waals surface area contributed by atoms with E-state index in [1.54, 1.807) is 0 Å². The molecule has 2 aromatic rings. The second kappa shape index (κ2) is 6.23. The van der Waals surface area contributed by atoms with Crippen LogP contribution in [-0.2, 0) is 13.6 Å². The first-order chi connectivity index (χ1) is 10.1. The minimum atomic E-state index is 0.440. The average molecular weight is 305 g/mol. The molecule has 0 saturated carbocycles. The molecule has 5 nitrogen and oxygen atoms in total. The summed E-state index contributed by atoms with van der Waals surface area (Å²) in [6.07, 6.45) is 8.13. The van der Waals surface area contributed by atoms with Crippen LogP contribution in [0.15, 0.2) is 24.8 Å². The van der Waals surface area contributed by atoms with E-state index in [9.17, 15) is 0 Å². The van der Waals surface area contributed by atoms with E-state index in [0.717, 1.165) is 24.7 Å². The number of aromatic nitrogens is 4. The van der Waals surface area contributed by atoms with Crippen LogP contribution in [0.1, 0.15) is 37.3 Å². The molecular formula is C15H23N5S. The summed E-state index contributed by atoms with van der Waals surface area (Å²) in [5, 5.41) is 4.33. The zero-order chi connectivity index (χ0) is 14.8. The molecule has 1 fully saturated rings. The van der Waals surface area contributed by atoms with Gasteiger partial charge in [-0.25, -0.2) is 4.98 Å². The quantitative estimate of drug-likeness (QED) is 0.870. The lowest BCUT2D eigenvalue weighted by Crippen LogP contribution is -2.36. The lowest BCUT2D eigenvalue weighted by molar-refractivity contribution is 0.203. The molecule has 2 aromatic heterocycles. The topological polar surface area (TPSA) is 38.9 Å². The molecule has 3 rings (SSSR count). The van der Waals surface area contributed by atoms with Crippen molar-refractivity contribution in [3.8, 4) is 0 Å². The Morgan fingerprint density at radius 2 is 2.29 bits per heavy atom. The van der Waals surface area contributed by atoms with Crippen LogP contribution in [0.4, 0.5) is 0 Å². The fourth-order valence-corrected chi connectivity index (χ4v) is 4.02. The zero-order valence-corrected chi connectivity index (χ0v) is 13.8. The van der Waals surface area contributed by atoms with Gasteiger partial charge in [-0.05, 0) is 13.8 Å². The highest BCUT2D eigenvalue weighted by atomic mass is 32.2. The van der Waals surface area contributed by atoms with Crippen LogP contribution in [0, 0.1) is 0 Å². The lowest BCUT2D eigenvalue weighted by atomic mass is 10.1. The van der Waals surface area contributed by atoms with E-state index in [2.05, 4.69) is 45.8 Å². The van der Waals surface area contributed by atoms with Gasteiger partial charge in [0.15, 0.2) is 0 Å². The third-order valence-electron chi connectivity index (χ3n) is 4.00. The Bertz CT molecular complexity index is 588. The van der Waals surface area contributed by atoms with E-state index in [0.29, 0.717) is 12.1 Å². The minimum absolute atomic E-state index is 0.440. The first-order valence-electron chi connectivity index (χ1n) is 7.47. The van der Waals surface area contributed by atoms with Crippen molar-refractivity contribution in [1.29, 1.82) is 0 Å². The standard InChI is InChI=1S/C15H23N5S/c1-12(2)20-5-4-16-15(20)10-19-6-7-21-11-14(19)13-8-17-18(3)9-13/h4-5,8-9,12,14H,6-7,10-11H2,1-3H3/t14-/m0/s1. The summed E-state index contributed by atoms with van der Waals surface area (Å²) in [4.78, 5) is 7.09. The molecule has 6 heteroatoms. The van der Waals surface area contributed by atoms with E-state index in [1.807, 2.05) is 35.9 Å². The maximum atomic E-state index is 4.56. The van der Waals surface area contributed by atoms with Crippen molar-refractivity contribution in [1.82, 2.24) is 24.2 Å². The summed E-state index contributed by atoms with van der Waals surface area (Å²) in [6, 6.07) is 0.897. The molecule has 114 valence electrons. The number of imidazole rings is 1. The first-order valence-corrected chi connectivity index (χ1v) is 8.62. The third kappa shape index (κ3) is 3.16. The van der Waals surface area contributed by atoms with Crippen molar-refractivity contribution >= 4 is 11.8 Å². The molecule has 0 spiro atoms. The van der Waals surface area contributed by atoms with Gasteiger partial charge in [0.2, 0.25) is 0 Å². The molecule has 0 unspecified atom stereocenters. The zero-order valence-electron chi connectivity index (χ0n) is 12.9. The molecule has 1 atom stereocenters. The molecule has 0 bridgehead atoms. The number of nitrogens with zero attached hydrogens (tertiary/aromatic N) is 5. The van der Waals surface area contributed by atoms with Crippen molar-refractivity contribution in [3.63, 3.8) is 0 Å². The second-order valence-corrected chi connectivity index (χ2v) is 7.00. The smallest absolute Gasteiger partial charge is 0.123 e. The van der Waals surface area contributed by atoms with Crippen molar-refractivity contribution in [3.05, 3.63) is 36.2 Å². The van der Waals surface area contributed by atoms with Crippen LogP contribution in [0.25, 0.3) is 0 Å². The molecule has 3 heterocycles. The molecule has 0 radical (unpaired) electrons. The summed E-state index contributed by atoms with van der Waals surface area (Å²) in [5.41, 5.74) is 1.31. The van der Waals surface area contributed by atoms with Crippen LogP contribution >= 0.6 is 11.8 Å². The number of hydrogen-bond donors (Lipinski definition) is 0. The average Bonchev–Trinajstić information content (AvgIpc) is 3.08. The second-order valence-electron chi connectivity index (χ2n) is 5.85. The molecule has 0 amide bonds. The van der Waals surface area contributed by atoms with Gasteiger partial charge in [-0.15, -0.1) is 0 Å². The number of aryl methyl sites for hydroxylation is 1. The molecule has 0 aromatic carbocycles. The molecule has 1 aliphatic heterocycles. The van der Waals surface area contributed by atoms with E-state index in [-0.39, 0.29) is 0 Å². The lowest BCUT2D eigenvalue weighted by Gasteiger charge is -2.34. The molecule has 0 N–H and O–H groups in total. The minimum Gasteiger partial charge on any atom is -0.331 e. The van der Waals surface area contributed by atoms with Gasteiger partial charge in [0, 0.05) is 61.3 Å². The first kappa shape index (κ1) is 14.7. The van der Waals surface area contributed by atoms with Gasteiger partial charge in [0.25, 0.3) is 0 Å². The van der Waals surface area contributed by atoms with Crippen LogP contribution in [0.2, 0.25) is 0 Å². The van der Waals surface area contributed by atoms with Crippen LogP contribution in [0.3, 0.4) is 0 Å². The van der Waals surface area contributed by atoms with Crippen molar-refractivity contribution in [2.24, 2.45) is 7.05 Å². The summed E-state index contributed by atoms with van der Waals surface area (Å²) >= 11 is 2.03. The van der Waals surface area contributed by atoms with E-state index in [1.165, 1.54) is 11.3 Å². The van der Waals surface area contributed by atoms with Gasteiger partial charge in [0.05, 0.1) is 12.7 Å². The van der Waals surface area contributed by atoms with Crippen molar-refractivity contribution < 1.29 is 0 Å². The van der Waals surface area contributed by atoms with E-state index < -0.39 is 0 Å². The maximum absolute atomic E-state index is 4.56. The Kier molecular flexibility index (Phi) is 4.35. The van der Waals surface area contributed by atoms with Crippen molar-refractivity contribution in [2.45, 2.75) is 32.5 Å². The number of rotatable bonds is 4. The summed E-state index contributed by atoms with van der Waals surface area (Å²) in [5.74, 6) is 3.48. The predicted molar refractivity (Wildman–Crippen MR) is 86.3 cm³/mol. The molecular weight excluding hydrogens is 282 g/mol. The highest BCUT2D eigenvalue weighted by Gasteiger charge is 2.26. The Balaban J connectivity index is 1.80. The van der Waals surface area contributed by atoms with Gasteiger partial charge in [-0.2, -0.15) is 16.9 Å². The molecule has 0 aliphatic carbocycles. The number of thioether (sulfide) groups is 1. The summed E-state index contributed by atoms with van der Waals surface area (Å²) < 4.78 is 4.16. The predicted octanol–water partition coefficient (Wildman–Crippen LogP) is 2.49. The fraction of sp³-hybridized carbons (Fsp3) is 0.600. The SMILES string of the molecule is CC(C)n1ccnc1CN1CCSC[C@H]1c1cnn(C)c1. The van der Waals surface area contributed by atoms with Crippen LogP contribution < -0.4 is 0 Å². The maximum Gasteiger partial charge on any atom is 0.123 e. The fourth-order valence-electron chi connectivity index (χ4n) is 2.86. The highest BCUT2D eigenvalue weighted by Crippen LogP contribution is 2.30. The largest absolute Gasteiger partial charge is 0.331 e. The van der Waals surface area contributed by atoms with Gasteiger partial charge in [0.1, 0.15) is 5.82 Å². The molecule has 1 saturated heterocycles.